The van der Waals surface area contributed by atoms with Crippen molar-refractivity contribution in [1.82, 2.24) is 9.71 Å². The Bertz CT molecular complexity index is 657. The lowest BCUT2D eigenvalue weighted by molar-refractivity contribution is 0.567. The van der Waals surface area contributed by atoms with E-state index in [0.717, 1.165) is 11.1 Å². The quantitative estimate of drug-likeness (QED) is 0.839. The minimum absolute atomic E-state index is 0.267. The Balaban J connectivity index is 2.18. The van der Waals surface area contributed by atoms with Crippen molar-refractivity contribution in [2.45, 2.75) is 23.2 Å². The van der Waals surface area contributed by atoms with Gasteiger partial charge in [-0.15, -0.1) is 0 Å². The number of rotatable bonds is 5. The molecule has 0 amide bonds. The highest BCUT2D eigenvalue weighted by Crippen LogP contribution is 2.17. The van der Waals surface area contributed by atoms with Crippen LogP contribution < -0.4 is 4.72 Å². The maximum Gasteiger partial charge on any atom is 0.241 e. The summed E-state index contributed by atoms with van der Waals surface area (Å²) < 4.78 is 27.2. The van der Waals surface area contributed by atoms with Crippen LogP contribution in [0, 0.1) is 0 Å². The summed E-state index contributed by atoms with van der Waals surface area (Å²) in [6, 6.07) is 10.1. The Morgan fingerprint density at radius 3 is 2.30 bits per heavy atom. The lowest BCUT2D eigenvalue weighted by Crippen LogP contribution is -2.26. The molecule has 0 spiro atoms. The smallest absolute Gasteiger partial charge is 0.241 e. The molecular weight excluding hydrogens is 340 g/mol. The summed E-state index contributed by atoms with van der Waals surface area (Å²) >= 11 is 3.33. The fraction of sp³-hybridized carbons (Fsp3) is 0.214. The van der Waals surface area contributed by atoms with Crippen molar-refractivity contribution in [3.63, 3.8) is 0 Å². The van der Waals surface area contributed by atoms with Gasteiger partial charge in [0.15, 0.2) is 0 Å². The number of pyridine rings is 1. The number of sulfonamides is 1. The molecule has 1 heterocycles. The first-order valence-electron chi connectivity index (χ1n) is 6.10. The van der Waals surface area contributed by atoms with E-state index in [1.54, 1.807) is 55.7 Å². The molecule has 1 aromatic heterocycles. The number of benzene rings is 1. The van der Waals surface area contributed by atoms with Crippen LogP contribution in [0.25, 0.3) is 0 Å². The van der Waals surface area contributed by atoms with Crippen molar-refractivity contribution in [2.24, 2.45) is 0 Å². The second-order valence-electron chi connectivity index (χ2n) is 4.40. The second-order valence-corrected chi connectivity index (χ2v) is 6.68. The van der Waals surface area contributed by atoms with Gasteiger partial charge in [-0.25, -0.2) is 13.1 Å². The van der Waals surface area contributed by atoms with Crippen LogP contribution in [-0.4, -0.2) is 13.4 Å². The molecule has 106 valence electrons. The molecular formula is C14H15BrN2O2S. The third-order valence-electron chi connectivity index (χ3n) is 2.93. The van der Waals surface area contributed by atoms with Gasteiger partial charge in [-0.3, -0.25) is 4.98 Å². The fourth-order valence-electron chi connectivity index (χ4n) is 1.78. The molecule has 6 heteroatoms. The molecule has 4 nitrogen and oxygen atoms in total. The predicted molar refractivity (Wildman–Crippen MR) is 82.0 cm³/mol. The van der Waals surface area contributed by atoms with Crippen LogP contribution in [0.1, 0.15) is 24.1 Å². The Kier molecular flexibility index (Phi) is 4.91. The van der Waals surface area contributed by atoms with E-state index >= 15 is 0 Å². The van der Waals surface area contributed by atoms with E-state index in [1.165, 1.54) is 0 Å². The molecule has 0 aliphatic heterocycles. The zero-order chi connectivity index (χ0) is 14.6. The van der Waals surface area contributed by atoms with E-state index in [4.69, 9.17) is 0 Å². The van der Waals surface area contributed by atoms with Crippen LogP contribution in [0.15, 0.2) is 53.7 Å². The summed E-state index contributed by atoms with van der Waals surface area (Å²) in [5.74, 6) is 0. The molecule has 0 aliphatic carbocycles. The predicted octanol–water partition coefficient (Wildman–Crippen LogP) is 3.02. The molecule has 0 saturated carbocycles. The fourth-order valence-corrected chi connectivity index (χ4v) is 3.38. The number of alkyl halides is 1. The van der Waals surface area contributed by atoms with Gasteiger partial charge in [-0.2, -0.15) is 0 Å². The van der Waals surface area contributed by atoms with Gasteiger partial charge >= 0.3 is 0 Å². The summed E-state index contributed by atoms with van der Waals surface area (Å²) in [4.78, 5) is 4.19. The Morgan fingerprint density at radius 2 is 1.75 bits per heavy atom. The van der Waals surface area contributed by atoms with E-state index in [-0.39, 0.29) is 10.9 Å². The van der Waals surface area contributed by atoms with Crippen LogP contribution in [0.2, 0.25) is 0 Å². The monoisotopic (exact) mass is 354 g/mol. The number of nitrogens with one attached hydrogen (secondary N) is 1. The van der Waals surface area contributed by atoms with E-state index < -0.39 is 10.0 Å². The minimum atomic E-state index is -3.52. The zero-order valence-corrected chi connectivity index (χ0v) is 13.4. The standard InChI is InChI=1S/C14H15BrN2O2S/c1-11(13-6-8-16-9-7-13)17-20(18,19)14-4-2-12(10-15)3-5-14/h2-9,11,17H,10H2,1H3/t11-/m1/s1. The maximum absolute atomic E-state index is 12.3. The molecule has 0 saturated heterocycles. The van der Waals surface area contributed by atoms with Gasteiger partial charge in [0.1, 0.15) is 0 Å². The van der Waals surface area contributed by atoms with Crippen LogP contribution in [0.3, 0.4) is 0 Å². The number of hydrogen-bond acceptors (Lipinski definition) is 3. The van der Waals surface area contributed by atoms with Gasteiger partial charge in [0.05, 0.1) is 4.90 Å². The van der Waals surface area contributed by atoms with Crippen LogP contribution in [0.4, 0.5) is 0 Å². The zero-order valence-electron chi connectivity index (χ0n) is 11.0. The first kappa shape index (κ1) is 15.2. The van der Waals surface area contributed by atoms with Crippen molar-refractivity contribution in [3.05, 3.63) is 59.9 Å². The Hall–Kier alpha value is -1.24. The molecule has 1 atom stereocenters. The number of nitrogens with zero attached hydrogens (tertiary/aromatic N) is 1. The summed E-state index contributed by atoms with van der Waals surface area (Å²) in [6.07, 6.45) is 3.29. The highest BCUT2D eigenvalue weighted by atomic mass is 79.9. The van der Waals surface area contributed by atoms with E-state index in [1.807, 2.05) is 0 Å². The molecule has 20 heavy (non-hydrogen) atoms. The van der Waals surface area contributed by atoms with Gasteiger partial charge < -0.3 is 0 Å². The summed E-state index contributed by atoms with van der Waals surface area (Å²) in [6.45, 7) is 1.81. The summed E-state index contributed by atoms with van der Waals surface area (Å²) in [5, 5.41) is 0.703. The van der Waals surface area contributed by atoms with Crippen molar-refractivity contribution < 1.29 is 8.42 Å². The highest BCUT2D eigenvalue weighted by molar-refractivity contribution is 9.08. The molecule has 0 fully saturated rings. The van der Waals surface area contributed by atoms with E-state index in [9.17, 15) is 8.42 Å². The van der Waals surface area contributed by atoms with E-state index in [2.05, 4.69) is 25.6 Å². The van der Waals surface area contributed by atoms with Crippen molar-refractivity contribution in [2.75, 3.05) is 0 Å². The first-order chi connectivity index (χ1) is 9.53. The van der Waals surface area contributed by atoms with Crippen LogP contribution in [0.5, 0.6) is 0 Å². The largest absolute Gasteiger partial charge is 0.265 e. The van der Waals surface area contributed by atoms with Crippen molar-refractivity contribution >= 4 is 26.0 Å². The van der Waals surface area contributed by atoms with E-state index in [0.29, 0.717) is 5.33 Å². The van der Waals surface area contributed by atoms with Gasteiger partial charge in [0.2, 0.25) is 10.0 Å². The van der Waals surface area contributed by atoms with Crippen molar-refractivity contribution in [3.8, 4) is 0 Å². The Morgan fingerprint density at radius 1 is 1.15 bits per heavy atom. The molecule has 2 rings (SSSR count). The first-order valence-corrected chi connectivity index (χ1v) is 8.70. The Labute approximate surface area is 127 Å². The third kappa shape index (κ3) is 3.65. The summed E-state index contributed by atoms with van der Waals surface area (Å²) in [5.41, 5.74) is 1.91. The minimum Gasteiger partial charge on any atom is -0.265 e. The lowest BCUT2D eigenvalue weighted by atomic mass is 10.1. The number of hydrogen-bond donors (Lipinski definition) is 1. The maximum atomic E-state index is 12.3. The van der Waals surface area contributed by atoms with Gasteiger partial charge in [0.25, 0.3) is 0 Å². The van der Waals surface area contributed by atoms with Crippen LogP contribution >= 0.6 is 15.9 Å². The highest BCUT2D eigenvalue weighted by Gasteiger charge is 2.18. The normalized spacial score (nSPS) is 13.1. The molecule has 2 aromatic rings. The summed E-state index contributed by atoms with van der Waals surface area (Å²) in [7, 11) is -3.52. The average Bonchev–Trinajstić information content (AvgIpc) is 2.48. The molecule has 0 radical (unpaired) electrons. The van der Waals surface area contributed by atoms with Crippen molar-refractivity contribution in [1.29, 1.82) is 0 Å². The molecule has 0 aliphatic rings. The molecule has 1 aromatic carbocycles. The SMILES string of the molecule is C[C@@H](NS(=O)(=O)c1ccc(CBr)cc1)c1ccncc1. The second kappa shape index (κ2) is 6.47. The average molecular weight is 355 g/mol. The molecule has 0 bridgehead atoms. The third-order valence-corrected chi connectivity index (χ3v) is 5.13. The number of aromatic nitrogens is 1. The van der Waals surface area contributed by atoms with Gasteiger partial charge in [-0.1, -0.05) is 28.1 Å². The molecule has 1 N–H and O–H groups in total. The molecule has 0 unspecified atom stereocenters. The lowest BCUT2D eigenvalue weighted by Gasteiger charge is -2.14. The number of halogens is 1. The van der Waals surface area contributed by atoms with Gasteiger partial charge in [-0.05, 0) is 42.3 Å². The van der Waals surface area contributed by atoms with Gasteiger partial charge in [0, 0.05) is 23.8 Å². The topological polar surface area (TPSA) is 59.1 Å². The van der Waals surface area contributed by atoms with Crippen LogP contribution in [-0.2, 0) is 15.4 Å².